The highest BCUT2D eigenvalue weighted by Gasteiger charge is 2.17. The molecule has 0 saturated heterocycles. The lowest BCUT2D eigenvalue weighted by Gasteiger charge is -2.20. The molecule has 8 nitrogen and oxygen atoms in total. The fourth-order valence-corrected chi connectivity index (χ4v) is 3.05. The second-order valence-corrected chi connectivity index (χ2v) is 8.76. The van der Waals surface area contributed by atoms with Crippen LogP contribution in [0.1, 0.15) is 26.3 Å². The molecular formula is C24H24ClFN4O4. The largest absolute Gasteiger partial charge is 0.457 e. The van der Waals surface area contributed by atoms with Crippen molar-refractivity contribution in [2.75, 3.05) is 22.6 Å². The van der Waals surface area contributed by atoms with Crippen molar-refractivity contribution in [3.63, 3.8) is 0 Å². The third kappa shape index (κ3) is 6.66. The summed E-state index contributed by atoms with van der Waals surface area (Å²) >= 11 is 6.20. The SMILES string of the molecule is CC(C)(C)c1ccc(Cl)c(NC(=O)Nc2ccc(Oc3ccnc(NC(=O)CO)c3)cc2F)c1. The van der Waals surface area contributed by atoms with Gasteiger partial charge in [0.05, 0.1) is 16.4 Å². The lowest BCUT2D eigenvalue weighted by Crippen LogP contribution is -2.21. The van der Waals surface area contributed by atoms with Gasteiger partial charge in [-0.05, 0) is 41.3 Å². The first-order valence-corrected chi connectivity index (χ1v) is 10.6. The molecule has 34 heavy (non-hydrogen) atoms. The van der Waals surface area contributed by atoms with Crippen LogP contribution in [0, 0.1) is 5.82 Å². The average Bonchev–Trinajstić information content (AvgIpc) is 2.76. The van der Waals surface area contributed by atoms with Crippen molar-refractivity contribution in [3.05, 3.63) is 71.1 Å². The molecule has 3 amide bonds. The van der Waals surface area contributed by atoms with Gasteiger partial charge in [-0.1, -0.05) is 38.4 Å². The van der Waals surface area contributed by atoms with Crippen molar-refractivity contribution in [1.29, 1.82) is 0 Å². The van der Waals surface area contributed by atoms with Crippen molar-refractivity contribution >= 4 is 40.7 Å². The number of aliphatic hydroxyl groups is 1. The number of nitrogens with zero attached hydrogens (tertiary/aromatic N) is 1. The molecule has 0 atom stereocenters. The van der Waals surface area contributed by atoms with Crippen molar-refractivity contribution in [1.82, 2.24) is 4.98 Å². The van der Waals surface area contributed by atoms with Crippen LogP contribution in [0.5, 0.6) is 11.5 Å². The normalized spacial score (nSPS) is 11.0. The van der Waals surface area contributed by atoms with Crippen LogP contribution in [-0.2, 0) is 10.2 Å². The molecule has 0 aliphatic heterocycles. The zero-order chi connectivity index (χ0) is 24.9. The Morgan fingerprint density at radius 3 is 2.38 bits per heavy atom. The summed E-state index contributed by atoms with van der Waals surface area (Å²) in [6.45, 7) is 5.43. The highest BCUT2D eigenvalue weighted by molar-refractivity contribution is 6.33. The first-order valence-electron chi connectivity index (χ1n) is 10.3. The predicted molar refractivity (Wildman–Crippen MR) is 129 cm³/mol. The smallest absolute Gasteiger partial charge is 0.323 e. The van der Waals surface area contributed by atoms with E-state index < -0.39 is 24.4 Å². The molecule has 1 heterocycles. The number of nitrogens with one attached hydrogen (secondary N) is 3. The van der Waals surface area contributed by atoms with E-state index >= 15 is 0 Å². The Labute approximate surface area is 201 Å². The number of aliphatic hydroxyl groups excluding tert-OH is 1. The molecule has 0 bridgehead atoms. The van der Waals surface area contributed by atoms with E-state index in [0.717, 1.165) is 11.6 Å². The lowest BCUT2D eigenvalue weighted by atomic mass is 9.87. The maximum atomic E-state index is 14.6. The van der Waals surface area contributed by atoms with E-state index in [-0.39, 0.29) is 28.4 Å². The van der Waals surface area contributed by atoms with Crippen LogP contribution in [0.3, 0.4) is 0 Å². The van der Waals surface area contributed by atoms with Crippen LogP contribution in [0.25, 0.3) is 0 Å². The lowest BCUT2D eigenvalue weighted by molar-refractivity contribution is -0.118. The predicted octanol–water partition coefficient (Wildman–Crippen LogP) is 5.54. The summed E-state index contributed by atoms with van der Waals surface area (Å²) in [5, 5.41) is 16.6. The van der Waals surface area contributed by atoms with E-state index in [9.17, 15) is 14.0 Å². The Morgan fingerprint density at radius 1 is 1.00 bits per heavy atom. The molecular weight excluding hydrogens is 463 g/mol. The van der Waals surface area contributed by atoms with Crippen molar-refractivity contribution < 1.29 is 23.8 Å². The quantitative estimate of drug-likeness (QED) is 0.365. The molecule has 4 N–H and O–H groups in total. The molecule has 0 saturated carbocycles. The molecule has 0 radical (unpaired) electrons. The minimum atomic E-state index is -0.718. The van der Waals surface area contributed by atoms with E-state index in [1.807, 2.05) is 26.8 Å². The van der Waals surface area contributed by atoms with Crippen LogP contribution in [-0.4, -0.2) is 28.6 Å². The molecule has 1 aromatic heterocycles. The third-order valence-corrected chi connectivity index (χ3v) is 4.98. The fourth-order valence-electron chi connectivity index (χ4n) is 2.89. The maximum Gasteiger partial charge on any atom is 0.323 e. The van der Waals surface area contributed by atoms with Gasteiger partial charge in [-0.15, -0.1) is 0 Å². The van der Waals surface area contributed by atoms with E-state index in [1.54, 1.807) is 12.1 Å². The van der Waals surface area contributed by atoms with E-state index in [4.69, 9.17) is 21.4 Å². The Morgan fingerprint density at radius 2 is 1.71 bits per heavy atom. The van der Waals surface area contributed by atoms with Crippen LogP contribution < -0.4 is 20.7 Å². The second kappa shape index (κ2) is 10.5. The highest BCUT2D eigenvalue weighted by atomic mass is 35.5. The summed E-state index contributed by atoms with van der Waals surface area (Å²) in [7, 11) is 0. The molecule has 3 rings (SSSR count). The number of ether oxygens (including phenoxy) is 1. The topological polar surface area (TPSA) is 113 Å². The van der Waals surface area contributed by atoms with E-state index in [1.165, 1.54) is 30.5 Å². The summed E-state index contributed by atoms with van der Waals surface area (Å²) in [4.78, 5) is 27.6. The van der Waals surface area contributed by atoms with Crippen LogP contribution in [0.15, 0.2) is 54.7 Å². The van der Waals surface area contributed by atoms with Gasteiger partial charge in [0.25, 0.3) is 5.91 Å². The second-order valence-electron chi connectivity index (χ2n) is 8.35. The minimum absolute atomic E-state index is 0.0569. The molecule has 0 aliphatic carbocycles. The molecule has 10 heteroatoms. The first-order chi connectivity index (χ1) is 16.0. The van der Waals surface area contributed by atoms with E-state index in [2.05, 4.69) is 20.9 Å². The number of benzene rings is 2. The standard InChI is InChI=1S/C24H24ClFN4O4/c1-24(2,3)14-4-6-17(25)20(10-14)29-23(33)28-19-7-5-15(11-18(19)26)34-16-8-9-27-21(12-16)30-22(32)13-31/h4-12,31H,13H2,1-3H3,(H,27,30,32)(H2,28,29,33). The minimum Gasteiger partial charge on any atom is -0.457 e. The number of rotatable bonds is 6. The molecule has 0 aliphatic rings. The summed E-state index contributed by atoms with van der Waals surface area (Å²) in [5.74, 6) is -0.730. The van der Waals surface area contributed by atoms with Gasteiger partial charge < -0.3 is 25.8 Å². The zero-order valence-corrected chi connectivity index (χ0v) is 19.5. The number of carbonyl (C=O) groups is 2. The third-order valence-electron chi connectivity index (χ3n) is 4.65. The number of pyridine rings is 1. The van der Waals surface area contributed by atoms with Gasteiger partial charge in [-0.25, -0.2) is 14.2 Å². The molecule has 3 aromatic rings. The van der Waals surface area contributed by atoms with Gasteiger partial charge in [0.1, 0.15) is 29.7 Å². The van der Waals surface area contributed by atoms with Crippen molar-refractivity contribution in [2.24, 2.45) is 0 Å². The van der Waals surface area contributed by atoms with E-state index in [0.29, 0.717) is 10.7 Å². The van der Waals surface area contributed by atoms with Gasteiger partial charge in [-0.2, -0.15) is 0 Å². The van der Waals surface area contributed by atoms with Gasteiger partial charge in [0, 0.05) is 18.3 Å². The van der Waals surface area contributed by atoms with Gasteiger partial charge in [0.15, 0.2) is 0 Å². The molecule has 178 valence electrons. The molecule has 0 spiro atoms. The summed E-state index contributed by atoms with van der Waals surface area (Å²) in [6, 6.07) is 11.6. The Bertz CT molecular complexity index is 1210. The van der Waals surface area contributed by atoms with Gasteiger partial charge in [-0.3, -0.25) is 4.79 Å². The first kappa shape index (κ1) is 24.9. The number of hydrogen-bond acceptors (Lipinski definition) is 5. The summed E-state index contributed by atoms with van der Waals surface area (Å²) < 4.78 is 20.2. The Hall–Kier alpha value is -3.69. The number of aromatic nitrogens is 1. The summed E-state index contributed by atoms with van der Waals surface area (Å²) in [6.07, 6.45) is 1.39. The number of hydrogen-bond donors (Lipinski definition) is 4. The van der Waals surface area contributed by atoms with Crippen LogP contribution >= 0.6 is 11.6 Å². The van der Waals surface area contributed by atoms with Gasteiger partial charge >= 0.3 is 6.03 Å². The summed E-state index contributed by atoms with van der Waals surface area (Å²) in [5.41, 5.74) is 1.20. The zero-order valence-electron chi connectivity index (χ0n) is 18.8. The molecule has 0 unspecified atom stereocenters. The average molecular weight is 487 g/mol. The van der Waals surface area contributed by atoms with Crippen molar-refractivity contribution in [2.45, 2.75) is 26.2 Å². The fraction of sp³-hybridized carbons (Fsp3) is 0.208. The van der Waals surface area contributed by atoms with Crippen LogP contribution in [0.4, 0.5) is 26.4 Å². The Balaban J connectivity index is 1.67. The number of amides is 3. The van der Waals surface area contributed by atoms with Gasteiger partial charge in [0.2, 0.25) is 0 Å². The van der Waals surface area contributed by atoms with Crippen LogP contribution in [0.2, 0.25) is 5.02 Å². The maximum absolute atomic E-state index is 14.6. The number of anilines is 3. The number of halogens is 2. The highest BCUT2D eigenvalue weighted by Crippen LogP contribution is 2.30. The van der Waals surface area contributed by atoms with Crippen molar-refractivity contribution in [3.8, 4) is 11.5 Å². The Kier molecular flexibility index (Phi) is 7.70. The molecule has 0 fully saturated rings. The number of urea groups is 1. The molecule has 2 aromatic carbocycles. The number of carbonyl (C=O) groups excluding carboxylic acids is 2. The monoisotopic (exact) mass is 486 g/mol.